The van der Waals surface area contributed by atoms with Crippen LogP contribution in [0.15, 0.2) is 48.7 Å². The Morgan fingerprint density at radius 3 is 3.00 bits per heavy atom. The second kappa shape index (κ2) is 7.17. The summed E-state index contributed by atoms with van der Waals surface area (Å²) in [5.74, 6) is 0.618. The van der Waals surface area contributed by atoms with E-state index in [-0.39, 0.29) is 12.5 Å². The van der Waals surface area contributed by atoms with Crippen LogP contribution in [0.5, 0.6) is 5.75 Å². The van der Waals surface area contributed by atoms with E-state index >= 15 is 0 Å². The number of aromatic nitrogens is 2. The third-order valence-electron chi connectivity index (χ3n) is 4.73. The van der Waals surface area contributed by atoms with Crippen molar-refractivity contribution < 1.29 is 9.53 Å². The molecule has 2 heterocycles. The topological polar surface area (TPSA) is 59.4 Å². The molecule has 2 aromatic carbocycles. The fourth-order valence-electron chi connectivity index (χ4n) is 3.42. The van der Waals surface area contributed by atoms with Crippen molar-refractivity contribution in [1.29, 1.82) is 0 Å². The van der Waals surface area contributed by atoms with Gasteiger partial charge in [-0.2, -0.15) is 5.10 Å². The molecule has 0 bridgehead atoms. The Morgan fingerprint density at radius 2 is 2.12 bits per heavy atom. The highest BCUT2D eigenvalue weighted by atomic mass is 16.5. The van der Waals surface area contributed by atoms with Gasteiger partial charge in [-0.3, -0.25) is 9.48 Å². The van der Waals surface area contributed by atoms with Gasteiger partial charge in [0.1, 0.15) is 0 Å². The van der Waals surface area contributed by atoms with Crippen LogP contribution in [0.3, 0.4) is 0 Å². The first kappa shape index (κ1) is 16.6. The minimum atomic E-state index is -0.0624. The number of fused-ring (bicyclic) bond motifs is 2. The Morgan fingerprint density at radius 1 is 1.27 bits per heavy atom. The monoisotopic (exact) mass is 350 g/mol. The number of benzene rings is 2. The van der Waals surface area contributed by atoms with E-state index in [1.807, 2.05) is 41.9 Å². The Labute approximate surface area is 152 Å². The normalized spacial score (nSPS) is 13.4. The van der Waals surface area contributed by atoms with Gasteiger partial charge in [-0.1, -0.05) is 36.4 Å². The van der Waals surface area contributed by atoms with Crippen LogP contribution < -0.4 is 15.0 Å². The van der Waals surface area contributed by atoms with Gasteiger partial charge in [0.2, 0.25) is 0 Å². The van der Waals surface area contributed by atoms with Crippen LogP contribution in [-0.4, -0.2) is 35.4 Å². The van der Waals surface area contributed by atoms with Gasteiger partial charge in [-0.25, -0.2) is 0 Å². The molecule has 1 amide bonds. The molecule has 1 aliphatic heterocycles. The number of rotatable bonds is 5. The molecule has 0 unspecified atom stereocenters. The summed E-state index contributed by atoms with van der Waals surface area (Å²) in [6, 6.07) is 14.1. The number of carbonyl (C=O) groups excluding carboxylic acids is 1. The van der Waals surface area contributed by atoms with Crippen molar-refractivity contribution in [3.8, 4) is 5.75 Å². The van der Waals surface area contributed by atoms with E-state index in [9.17, 15) is 4.79 Å². The second-order valence-electron chi connectivity index (χ2n) is 6.28. The maximum Gasteiger partial charge on any atom is 0.264 e. The van der Waals surface area contributed by atoms with Gasteiger partial charge in [-0.15, -0.1) is 0 Å². The van der Waals surface area contributed by atoms with E-state index in [0.717, 1.165) is 35.2 Å². The summed E-state index contributed by atoms with van der Waals surface area (Å²) in [5, 5.41) is 9.81. The Hall–Kier alpha value is -2.86. The standard InChI is InChI=1S/C20H22N4O2/c1-2-23(17-9-5-7-15-6-3-4-8-16(15)17)20(25)14-26-19-13-22-24-11-10-21-12-18(19)24/h3-9,13,21H,2,10-12,14H2,1H3. The summed E-state index contributed by atoms with van der Waals surface area (Å²) in [6.07, 6.45) is 1.70. The molecular formula is C20H22N4O2. The van der Waals surface area contributed by atoms with Crippen molar-refractivity contribution >= 4 is 22.4 Å². The molecular weight excluding hydrogens is 328 g/mol. The molecule has 1 aromatic heterocycles. The summed E-state index contributed by atoms with van der Waals surface area (Å²) >= 11 is 0. The van der Waals surface area contributed by atoms with E-state index in [2.05, 4.69) is 22.5 Å². The summed E-state index contributed by atoms with van der Waals surface area (Å²) in [6.45, 7) is 5.00. The molecule has 1 N–H and O–H groups in total. The first-order valence-corrected chi connectivity index (χ1v) is 8.94. The highest BCUT2D eigenvalue weighted by Gasteiger charge is 2.20. The molecule has 26 heavy (non-hydrogen) atoms. The minimum absolute atomic E-state index is 0.00421. The van der Waals surface area contributed by atoms with E-state index in [1.165, 1.54) is 0 Å². The maximum absolute atomic E-state index is 12.8. The van der Waals surface area contributed by atoms with Crippen LogP contribution in [0.2, 0.25) is 0 Å². The van der Waals surface area contributed by atoms with Gasteiger partial charge in [0, 0.05) is 25.0 Å². The van der Waals surface area contributed by atoms with Crippen molar-refractivity contribution in [2.75, 3.05) is 24.6 Å². The van der Waals surface area contributed by atoms with Crippen LogP contribution in [0.4, 0.5) is 5.69 Å². The average molecular weight is 350 g/mol. The third kappa shape index (κ3) is 3.04. The lowest BCUT2D eigenvalue weighted by Crippen LogP contribution is -2.35. The van der Waals surface area contributed by atoms with Gasteiger partial charge in [0.15, 0.2) is 12.4 Å². The Kier molecular flexibility index (Phi) is 4.58. The quantitative estimate of drug-likeness (QED) is 0.768. The number of nitrogens with one attached hydrogen (secondary N) is 1. The van der Waals surface area contributed by atoms with E-state index in [4.69, 9.17) is 4.74 Å². The molecule has 6 nitrogen and oxygen atoms in total. The van der Waals surface area contributed by atoms with Crippen LogP contribution >= 0.6 is 0 Å². The number of anilines is 1. The van der Waals surface area contributed by atoms with E-state index < -0.39 is 0 Å². The average Bonchev–Trinajstić information content (AvgIpc) is 3.10. The van der Waals surface area contributed by atoms with E-state index in [0.29, 0.717) is 18.8 Å². The van der Waals surface area contributed by atoms with E-state index in [1.54, 1.807) is 11.1 Å². The number of hydrogen-bond acceptors (Lipinski definition) is 4. The zero-order chi connectivity index (χ0) is 17.9. The number of nitrogens with zero attached hydrogens (tertiary/aromatic N) is 3. The molecule has 0 atom stereocenters. The summed E-state index contributed by atoms with van der Waals surface area (Å²) in [5.41, 5.74) is 1.91. The Bertz CT molecular complexity index is 929. The van der Waals surface area contributed by atoms with Crippen molar-refractivity contribution in [1.82, 2.24) is 15.1 Å². The smallest absolute Gasteiger partial charge is 0.264 e. The summed E-state index contributed by atoms with van der Waals surface area (Å²) in [7, 11) is 0. The van der Waals surface area contributed by atoms with Crippen molar-refractivity contribution in [3.05, 3.63) is 54.4 Å². The number of amides is 1. The molecule has 6 heteroatoms. The lowest BCUT2D eigenvalue weighted by atomic mass is 10.1. The SMILES string of the molecule is CCN(C(=O)COc1cnn2c1CNCC2)c1cccc2ccccc12. The van der Waals surface area contributed by atoms with Crippen molar-refractivity contribution in [3.63, 3.8) is 0 Å². The molecule has 0 fully saturated rings. The second-order valence-corrected chi connectivity index (χ2v) is 6.28. The Balaban J connectivity index is 1.53. The van der Waals surface area contributed by atoms with Gasteiger partial charge >= 0.3 is 0 Å². The van der Waals surface area contributed by atoms with Crippen LogP contribution in [0.1, 0.15) is 12.6 Å². The third-order valence-corrected chi connectivity index (χ3v) is 4.73. The van der Waals surface area contributed by atoms with Gasteiger partial charge < -0.3 is 15.0 Å². The molecule has 0 saturated carbocycles. The maximum atomic E-state index is 12.8. The van der Waals surface area contributed by atoms with Gasteiger partial charge in [-0.05, 0) is 18.4 Å². The fourth-order valence-corrected chi connectivity index (χ4v) is 3.42. The predicted molar refractivity (Wildman–Crippen MR) is 101 cm³/mol. The summed E-state index contributed by atoms with van der Waals surface area (Å²) in [4.78, 5) is 14.6. The van der Waals surface area contributed by atoms with Gasteiger partial charge in [0.25, 0.3) is 5.91 Å². The van der Waals surface area contributed by atoms with Crippen molar-refractivity contribution in [2.45, 2.75) is 20.0 Å². The van der Waals surface area contributed by atoms with Crippen LogP contribution in [-0.2, 0) is 17.9 Å². The molecule has 0 spiro atoms. The first-order chi connectivity index (χ1) is 12.8. The van der Waals surface area contributed by atoms with Crippen molar-refractivity contribution in [2.24, 2.45) is 0 Å². The molecule has 0 aliphatic carbocycles. The van der Waals surface area contributed by atoms with Gasteiger partial charge in [0.05, 0.1) is 24.1 Å². The lowest BCUT2D eigenvalue weighted by Gasteiger charge is -2.23. The zero-order valence-electron chi connectivity index (χ0n) is 14.8. The fraction of sp³-hybridized carbons (Fsp3) is 0.300. The summed E-state index contributed by atoms with van der Waals surface area (Å²) < 4.78 is 7.74. The highest BCUT2D eigenvalue weighted by molar-refractivity contribution is 6.04. The number of ether oxygens (including phenoxy) is 1. The lowest BCUT2D eigenvalue weighted by molar-refractivity contribution is -0.120. The number of carbonyl (C=O) groups is 1. The highest BCUT2D eigenvalue weighted by Crippen LogP contribution is 2.27. The zero-order valence-corrected chi connectivity index (χ0v) is 14.8. The molecule has 3 aromatic rings. The van der Waals surface area contributed by atoms with Crippen LogP contribution in [0, 0.1) is 0 Å². The predicted octanol–water partition coefficient (Wildman–Crippen LogP) is 2.57. The molecule has 134 valence electrons. The molecule has 4 rings (SSSR count). The first-order valence-electron chi connectivity index (χ1n) is 8.94. The minimum Gasteiger partial charge on any atom is -0.480 e. The number of likely N-dealkylation sites (N-methyl/N-ethyl adjacent to an activating group) is 1. The van der Waals surface area contributed by atoms with Crippen LogP contribution in [0.25, 0.3) is 10.8 Å². The number of hydrogen-bond donors (Lipinski definition) is 1. The molecule has 1 aliphatic rings. The molecule has 0 radical (unpaired) electrons. The molecule has 0 saturated heterocycles. The largest absolute Gasteiger partial charge is 0.480 e.